The van der Waals surface area contributed by atoms with E-state index in [0.717, 1.165) is 17.7 Å². The second-order valence-electron chi connectivity index (χ2n) is 6.46. The molecule has 160 valence electrons. The number of amides is 1. The molecule has 0 radical (unpaired) electrons. The predicted molar refractivity (Wildman–Crippen MR) is 104 cm³/mol. The molecule has 1 amide bonds. The summed E-state index contributed by atoms with van der Waals surface area (Å²) in [6.07, 6.45) is 0.157. The zero-order valence-corrected chi connectivity index (χ0v) is 16.5. The Bertz CT molecular complexity index is 1220. The molecule has 4 aromatic rings. The largest absolute Gasteiger partial charge is 0.471 e. The van der Waals surface area contributed by atoms with Gasteiger partial charge in [0.15, 0.2) is 0 Å². The number of hydrogen-bond acceptors (Lipinski definition) is 5. The second-order valence-corrected chi connectivity index (χ2v) is 7.36. The van der Waals surface area contributed by atoms with Crippen LogP contribution in [0, 0.1) is 5.82 Å². The zero-order chi connectivity index (χ0) is 22.0. The van der Waals surface area contributed by atoms with E-state index in [0.29, 0.717) is 10.9 Å². The number of nitrogens with one attached hydrogen (secondary N) is 1. The fourth-order valence-electron chi connectivity index (χ4n) is 2.95. The first-order chi connectivity index (χ1) is 14.8. The van der Waals surface area contributed by atoms with Crippen molar-refractivity contribution in [3.8, 4) is 5.88 Å². The smallest absolute Gasteiger partial charge is 0.416 e. The van der Waals surface area contributed by atoms with E-state index in [1.165, 1.54) is 15.9 Å². The van der Waals surface area contributed by atoms with E-state index in [1.54, 1.807) is 36.1 Å². The van der Waals surface area contributed by atoms with Crippen molar-refractivity contribution in [2.45, 2.75) is 19.3 Å². The Hall–Kier alpha value is -3.47. The first-order valence-corrected chi connectivity index (χ1v) is 9.82. The van der Waals surface area contributed by atoms with E-state index in [2.05, 4.69) is 15.4 Å². The molecule has 0 fully saturated rings. The van der Waals surface area contributed by atoms with Crippen molar-refractivity contribution < 1.29 is 27.1 Å². The molecule has 0 aliphatic carbocycles. The van der Waals surface area contributed by atoms with Crippen LogP contribution < -0.4 is 10.1 Å². The minimum Gasteiger partial charge on any atom is -0.471 e. The minimum atomic E-state index is -4.68. The lowest BCUT2D eigenvalue weighted by atomic mass is 10.1. The van der Waals surface area contributed by atoms with Crippen molar-refractivity contribution in [3.63, 3.8) is 0 Å². The van der Waals surface area contributed by atoms with Crippen molar-refractivity contribution in [1.29, 1.82) is 0 Å². The molecule has 6 nitrogen and oxygen atoms in total. The third kappa shape index (κ3) is 4.50. The van der Waals surface area contributed by atoms with E-state index in [4.69, 9.17) is 4.74 Å². The van der Waals surface area contributed by atoms with E-state index < -0.39 is 30.0 Å². The van der Waals surface area contributed by atoms with Crippen LogP contribution in [0.4, 0.5) is 17.6 Å². The molecule has 0 aliphatic heterocycles. The summed E-state index contributed by atoms with van der Waals surface area (Å²) in [5.74, 6) is -1.48. The first-order valence-electron chi connectivity index (χ1n) is 8.94. The third-order valence-corrected chi connectivity index (χ3v) is 5.23. The molecule has 0 atom stereocenters. The van der Waals surface area contributed by atoms with Crippen LogP contribution in [0.1, 0.15) is 27.0 Å². The maximum absolute atomic E-state index is 13.5. The van der Waals surface area contributed by atoms with Gasteiger partial charge >= 0.3 is 6.18 Å². The monoisotopic (exact) mass is 450 g/mol. The van der Waals surface area contributed by atoms with Gasteiger partial charge in [-0.15, -0.1) is 16.4 Å². The van der Waals surface area contributed by atoms with Crippen molar-refractivity contribution in [2.24, 2.45) is 0 Å². The molecule has 0 spiro atoms. The van der Waals surface area contributed by atoms with Gasteiger partial charge in [-0.2, -0.15) is 13.2 Å². The summed E-state index contributed by atoms with van der Waals surface area (Å²) in [5, 5.41) is 8.34. The molecule has 0 unspecified atom stereocenters. The van der Waals surface area contributed by atoms with Gasteiger partial charge in [0.05, 0.1) is 5.56 Å². The lowest BCUT2D eigenvalue weighted by Gasteiger charge is -2.13. The molecule has 1 aromatic carbocycles. The number of pyridine rings is 1. The van der Waals surface area contributed by atoms with Gasteiger partial charge in [0.25, 0.3) is 5.91 Å². The van der Waals surface area contributed by atoms with Crippen molar-refractivity contribution in [1.82, 2.24) is 19.9 Å². The maximum Gasteiger partial charge on any atom is 0.416 e. The number of ether oxygens (including phenoxy) is 1. The number of alkyl halides is 3. The summed E-state index contributed by atoms with van der Waals surface area (Å²) in [6.45, 7) is -0.419. The summed E-state index contributed by atoms with van der Waals surface area (Å²) in [6, 6.07) is 5.65. The van der Waals surface area contributed by atoms with E-state index in [9.17, 15) is 22.4 Å². The van der Waals surface area contributed by atoms with Gasteiger partial charge < -0.3 is 10.1 Å². The maximum atomic E-state index is 13.5. The Balaban J connectivity index is 1.57. The van der Waals surface area contributed by atoms with E-state index in [1.807, 2.05) is 0 Å². The van der Waals surface area contributed by atoms with Crippen LogP contribution in [0.5, 0.6) is 5.88 Å². The highest BCUT2D eigenvalue weighted by atomic mass is 32.1. The van der Waals surface area contributed by atoms with Gasteiger partial charge in [0.2, 0.25) is 5.88 Å². The van der Waals surface area contributed by atoms with E-state index in [-0.39, 0.29) is 23.6 Å². The number of aromatic nitrogens is 3. The molecule has 0 bridgehead atoms. The highest BCUT2D eigenvalue weighted by molar-refractivity contribution is 7.16. The number of carbonyl (C=O) groups is 1. The Morgan fingerprint density at radius 1 is 1.26 bits per heavy atom. The van der Waals surface area contributed by atoms with Crippen LogP contribution >= 0.6 is 11.3 Å². The van der Waals surface area contributed by atoms with Crippen LogP contribution in [0.2, 0.25) is 0 Å². The number of fused-ring (bicyclic) bond motifs is 1. The molecular formula is C20H14F4N4O2S. The second kappa shape index (κ2) is 8.34. The molecule has 0 aliphatic rings. The fourth-order valence-corrected chi connectivity index (χ4v) is 3.76. The quantitative estimate of drug-likeness (QED) is 0.441. The molecular weight excluding hydrogens is 436 g/mol. The number of carbonyl (C=O) groups excluding carboxylic acids is 1. The SMILES string of the molecule is O=C(NCc1cc(F)ccc1C(F)(F)F)c1c(OCc2cccnc2)nn2ccsc12. The van der Waals surface area contributed by atoms with Gasteiger partial charge in [-0.25, -0.2) is 8.91 Å². The zero-order valence-electron chi connectivity index (χ0n) is 15.7. The molecule has 31 heavy (non-hydrogen) atoms. The summed E-state index contributed by atoms with van der Waals surface area (Å²) >= 11 is 1.22. The molecule has 0 saturated heterocycles. The first kappa shape index (κ1) is 20.8. The molecule has 0 saturated carbocycles. The minimum absolute atomic E-state index is 0.0310. The molecule has 4 rings (SSSR count). The lowest BCUT2D eigenvalue weighted by Crippen LogP contribution is -2.25. The molecule has 11 heteroatoms. The van der Waals surface area contributed by atoms with Gasteiger partial charge in [0, 0.05) is 36.1 Å². The summed E-state index contributed by atoms with van der Waals surface area (Å²) in [5.41, 5.74) is -0.560. The molecule has 3 heterocycles. The highest BCUT2D eigenvalue weighted by Crippen LogP contribution is 2.33. The number of halogens is 4. The fraction of sp³-hybridized carbons (Fsp3) is 0.150. The number of nitrogens with zero attached hydrogens (tertiary/aromatic N) is 3. The Labute approximate surface area is 177 Å². The van der Waals surface area contributed by atoms with Crippen molar-refractivity contribution in [3.05, 3.63) is 82.4 Å². The average molecular weight is 450 g/mol. The number of hydrogen-bond donors (Lipinski definition) is 1. The number of thiazole rings is 1. The van der Waals surface area contributed by atoms with Crippen molar-refractivity contribution in [2.75, 3.05) is 0 Å². The van der Waals surface area contributed by atoms with Crippen LogP contribution in [0.3, 0.4) is 0 Å². The third-order valence-electron chi connectivity index (χ3n) is 4.35. The topological polar surface area (TPSA) is 68.5 Å². The van der Waals surface area contributed by atoms with Crippen LogP contribution in [-0.4, -0.2) is 20.5 Å². The van der Waals surface area contributed by atoms with Gasteiger partial charge in [-0.1, -0.05) is 6.07 Å². The molecule has 1 N–H and O–H groups in total. The normalized spacial score (nSPS) is 11.6. The van der Waals surface area contributed by atoms with Gasteiger partial charge in [0.1, 0.15) is 22.8 Å². The van der Waals surface area contributed by atoms with Crippen LogP contribution in [-0.2, 0) is 19.3 Å². The Kier molecular flexibility index (Phi) is 5.59. The Morgan fingerprint density at radius 2 is 2.10 bits per heavy atom. The van der Waals surface area contributed by atoms with Crippen LogP contribution in [0.15, 0.2) is 54.3 Å². The van der Waals surface area contributed by atoms with Gasteiger partial charge in [-0.3, -0.25) is 9.78 Å². The molecule has 3 aromatic heterocycles. The number of benzene rings is 1. The summed E-state index contributed by atoms with van der Waals surface area (Å²) < 4.78 is 60.2. The Morgan fingerprint density at radius 3 is 2.84 bits per heavy atom. The predicted octanol–water partition coefficient (Wildman–Crippen LogP) is 4.46. The highest BCUT2D eigenvalue weighted by Gasteiger charge is 2.33. The standard InChI is InChI=1S/C20H14F4N4O2S/c21-14-3-4-15(20(22,23)24)13(8-14)10-26-17(29)16-18(27-28-6-7-31-19(16)28)30-11-12-2-1-5-25-9-12/h1-9H,10-11H2,(H,26,29). The number of rotatable bonds is 6. The average Bonchev–Trinajstić information content (AvgIpc) is 3.31. The van der Waals surface area contributed by atoms with Gasteiger partial charge in [-0.05, 0) is 29.8 Å². The van der Waals surface area contributed by atoms with E-state index >= 15 is 0 Å². The lowest BCUT2D eigenvalue weighted by molar-refractivity contribution is -0.138. The van der Waals surface area contributed by atoms with Crippen molar-refractivity contribution >= 4 is 22.1 Å². The summed E-state index contributed by atoms with van der Waals surface area (Å²) in [4.78, 5) is 17.3. The summed E-state index contributed by atoms with van der Waals surface area (Å²) in [7, 11) is 0. The van der Waals surface area contributed by atoms with Crippen LogP contribution in [0.25, 0.3) is 4.83 Å².